The highest BCUT2D eigenvalue weighted by atomic mass is 35.5. The van der Waals surface area contributed by atoms with Crippen LogP contribution in [0.25, 0.3) is 0 Å². The van der Waals surface area contributed by atoms with Crippen LogP contribution in [0.2, 0.25) is 5.02 Å². The molecule has 0 saturated heterocycles. The number of nitrogens with two attached hydrogens (primary N) is 1. The van der Waals surface area contributed by atoms with Gasteiger partial charge in [-0.3, -0.25) is 4.90 Å². The quantitative estimate of drug-likeness (QED) is 0.900. The minimum absolute atomic E-state index is 0.199. The molecule has 0 spiro atoms. The summed E-state index contributed by atoms with van der Waals surface area (Å²) in [4.78, 5) is 2.29. The second kappa shape index (κ2) is 6.89. The van der Waals surface area contributed by atoms with Crippen molar-refractivity contribution in [1.82, 2.24) is 4.90 Å². The SMILES string of the molecule is CC(c1cccc(Cl)c1)N(C)C(CN)c1ccccc1. The van der Waals surface area contributed by atoms with Crippen LogP contribution >= 0.6 is 11.6 Å². The van der Waals surface area contributed by atoms with Crippen LogP contribution in [-0.4, -0.2) is 18.5 Å². The van der Waals surface area contributed by atoms with Gasteiger partial charge in [0.05, 0.1) is 0 Å². The Bertz CT molecular complexity index is 542. The van der Waals surface area contributed by atoms with Crippen LogP contribution in [0.15, 0.2) is 54.6 Å². The molecule has 20 heavy (non-hydrogen) atoms. The van der Waals surface area contributed by atoms with Crippen LogP contribution in [0, 0.1) is 0 Å². The van der Waals surface area contributed by atoms with Gasteiger partial charge in [-0.25, -0.2) is 0 Å². The molecule has 2 rings (SSSR count). The average Bonchev–Trinajstić information content (AvgIpc) is 2.48. The van der Waals surface area contributed by atoms with E-state index in [1.807, 2.05) is 24.3 Å². The molecule has 3 heteroatoms. The van der Waals surface area contributed by atoms with E-state index in [0.717, 1.165) is 5.02 Å². The van der Waals surface area contributed by atoms with Crippen molar-refractivity contribution in [3.05, 3.63) is 70.7 Å². The van der Waals surface area contributed by atoms with Gasteiger partial charge in [-0.1, -0.05) is 54.1 Å². The lowest BCUT2D eigenvalue weighted by molar-refractivity contribution is 0.190. The molecule has 2 nitrogen and oxygen atoms in total. The Morgan fingerprint density at radius 2 is 1.70 bits per heavy atom. The van der Waals surface area contributed by atoms with Crippen molar-refractivity contribution in [3.8, 4) is 0 Å². The summed E-state index contributed by atoms with van der Waals surface area (Å²) in [5.41, 5.74) is 8.43. The summed E-state index contributed by atoms with van der Waals surface area (Å²) in [5, 5.41) is 0.770. The van der Waals surface area contributed by atoms with Crippen LogP contribution in [0.5, 0.6) is 0 Å². The van der Waals surface area contributed by atoms with Crippen molar-refractivity contribution in [1.29, 1.82) is 0 Å². The Morgan fingerprint density at radius 1 is 1.05 bits per heavy atom. The second-order valence-electron chi connectivity index (χ2n) is 5.06. The molecule has 2 unspecified atom stereocenters. The predicted molar refractivity (Wildman–Crippen MR) is 85.9 cm³/mol. The molecule has 0 saturated carbocycles. The van der Waals surface area contributed by atoms with Gasteiger partial charge in [0.1, 0.15) is 0 Å². The lowest BCUT2D eigenvalue weighted by Gasteiger charge is -2.33. The van der Waals surface area contributed by atoms with E-state index in [2.05, 4.69) is 49.2 Å². The molecule has 0 fully saturated rings. The van der Waals surface area contributed by atoms with Gasteiger partial charge in [0.15, 0.2) is 0 Å². The van der Waals surface area contributed by atoms with E-state index in [4.69, 9.17) is 17.3 Å². The van der Waals surface area contributed by atoms with Gasteiger partial charge in [-0.2, -0.15) is 0 Å². The monoisotopic (exact) mass is 288 g/mol. The summed E-state index contributed by atoms with van der Waals surface area (Å²) in [6.07, 6.45) is 0. The first-order valence-corrected chi connectivity index (χ1v) is 7.23. The minimum atomic E-state index is 0.199. The first-order chi connectivity index (χ1) is 9.63. The van der Waals surface area contributed by atoms with E-state index < -0.39 is 0 Å². The van der Waals surface area contributed by atoms with E-state index >= 15 is 0 Å². The highest BCUT2D eigenvalue weighted by molar-refractivity contribution is 6.30. The molecule has 2 aromatic rings. The van der Waals surface area contributed by atoms with Gasteiger partial charge in [0.2, 0.25) is 0 Å². The Morgan fingerprint density at radius 3 is 2.30 bits per heavy atom. The maximum Gasteiger partial charge on any atom is 0.0473 e. The molecule has 2 atom stereocenters. The summed E-state index contributed by atoms with van der Waals surface area (Å²) in [6.45, 7) is 2.77. The summed E-state index contributed by atoms with van der Waals surface area (Å²) in [5.74, 6) is 0. The smallest absolute Gasteiger partial charge is 0.0473 e. The number of halogens is 1. The Hall–Kier alpha value is -1.35. The molecule has 0 aliphatic heterocycles. The van der Waals surface area contributed by atoms with Crippen molar-refractivity contribution in [2.45, 2.75) is 19.0 Å². The van der Waals surface area contributed by atoms with Gasteiger partial charge in [-0.15, -0.1) is 0 Å². The highest BCUT2D eigenvalue weighted by Gasteiger charge is 2.21. The molecule has 0 amide bonds. The van der Waals surface area contributed by atoms with Crippen LogP contribution < -0.4 is 5.73 Å². The van der Waals surface area contributed by atoms with E-state index in [0.29, 0.717) is 6.54 Å². The maximum absolute atomic E-state index is 6.08. The molecule has 2 aromatic carbocycles. The van der Waals surface area contributed by atoms with E-state index in [1.165, 1.54) is 11.1 Å². The summed E-state index contributed by atoms with van der Waals surface area (Å²) in [7, 11) is 2.11. The third-order valence-electron chi connectivity index (χ3n) is 3.84. The van der Waals surface area contributed by atoms with Gasteiger partial charge in [0.25, 0.3) is 0 Å². The standard InChI is InChI=1S/C17H21ClN2/c1-13(15-9-6-10-16(18)11-15)20(2)17(12-19)14-7-4-3-5-8-14/h3-11,13,17H,12,19H2,1-2H3. The fourth-order valence-corrected chi connectivity index (χ4v) is 2.68. The first kappa shape index (κ1) is 15.0. The van der Waals surface area contributed by atoms with E-state index in [9.17, 15) is 0 Å². The summed E-state index contributed by atoms with van der Waals surface area (Å²) in [6, 6.07) is 18.8. The van der Waals surface area contributed by atoms with Crippen molar-refractivity contribution in [2.24, 2.45) is 5.73 Å². The molecular weight excluding hydrogens is 268 g/mol. The molecule has 0 radical (unpaired) electrons. The summed E-state index contributed by atoms with van der Waals surface area (Å²) >= 11 is 6.08. The van der Waals surface area contributed by atoms with Crippen LogP contribution in [0.4, 0.5) is 0 Å². The van der Waals surface area contributed by atoms with Crippen LogP contribution in [0.3, 0.4) is 0 Å². The zero-order valence-electron chi connectivity index (χ0n) is 12.0. The highest BCUT2D eigenvalue weighted by Crippen LogP contribution is 2.29. The molecule has 0 bridgehead atoms. The molecule has 0 aliphatic carbocycles. The Kier molecular flexibility index (Phi) is 5.18. The molecule has 0 heterocycles. The lowest BCUT2D eigenvalue weighted by atomic mass is 10.0. The second-order valence-corrected chi connectivity index (χ2v) is 5.50. The van der Waals surface area contributed by atoms with Gasteiger partial charge >= 0.3 is 0 Å². The third kappa shape index (κ3) is 3.40. The topological polar surface area (TPSA) is 29.3 Å². The number of likely N-dealkylation sites (N-methyl/N-ethyl adjacent to an activating group) is 1. The largest absolute Gasteiger partial charge is 0.329 e. The van der Waals surface area contributed by atoms with Crippen molar-refractivity contribution >= 4 is 11.6 Å². The number of nitrogens with zero attached hydrogens (tertiary/aromatic N) is 1. The molecule has 106 valence electrons. The normalized spacial score (nSPS) is 14.2. The predicted octanol–water partition coefficient (Wildman–Crippen LogP) is 4.03. The number of rotatable bonds is 5. The number of hydrogen-bond donors (Lipinski definition) is 1. The Balaban J connectivity index is 2.22. The Labute approximate surface area is 126 Å². The van der Waals surface area contributed by atoms with Gasteiger partial charge in [0, 0.05) is 23.7 Å². The average molecular weight is 289 g/mol. The van der Waals surface area contributed by atoms with Crippen molar-refractivity contribution in [3.63, 3.8) is 0 Å². The van der Waals surface area contributed by atoms with Crippen LogP contribution in [0.1, 0.15) is 30.1 Å². The van der Waals surface area contributed by atoms with E-state index in [1.54, 1.807) is 0 Å². The molecular formula is C17H21ClN2. The fourth-order valence-electron chi connectivity index (χ4n) is 2.48. The third-order valence-corrected chi connectivity index (χ3v) is 4.08. The summed E-state index contributed by atoms with van der Waals surface area (Å²) < 4.78 is 0. The molecule has 0 aromatic heterocycles. The number of benzene rings is 2. The first-order valence-electron chi connectivity index (χ1n) is 6.86. The number of hydrogen-bond acceptors (Lipinski definition) is 2. The maximum atomic E-state index is 6.08. The lowest BCUT2D eigenvalue weighted by Crippen LogP contribution is -2.32. The van der Waals surface area contributed by atoms with Crippen molar-refractivity contribution < 1.29 is 0 Å². The van der Waals surface area contributed by atoms with Crippen molar-refractivity contribution in [2.75, 3.05) is 13.6 Å². The van der Waals surface area contributed by atoms with Crippen LogP contribution in [-0.2, 0) is 0 Å². The molecule has 2 N–H and O–H groups in total. The van der Waals surface area contributed by atoms with Gasteiger partial charge in [-0.05, 0) is 37.2 Å². The van der Waals surface area contributed by atoms with E-state index in [-0.39, 0.29) is 12.1 Å². The zero-order valence-corrected chi connectivity index (χ0v) is 12.7. The zero-order chi connectivity index (χ0) is 14.5. The van der Waals surface area contributed by atoms with Gasteiger partial charge < -0.3 is 5.73 Å². The fraction of sp³-hybridized carbons (Fsp3) is 0.294. The molecule has 0 aliphatic rings. The minimum Gasteiger partial charge on any atom is -0.329 e.